The van der Waals surface area contributed by atoms with Crippen molar-refractivity contribution in [3.63, 3.8) is 0 Å². The summed E-state index contributed by atoms with van der Waals surface area (Å²) in [5, 5.41) is 0. The smallest absolute Gasteiger partial charge is 0.137 e. The summed E-state index contributed by atoms with van der Waals surface area (Å²) < 4.78 is 10.1. The van der Waals surface area contributed by atoms with Gasteiger partial charge in [0.2, 0.25) is 0 Å². The van der Waals surface area contributed by atoms with Crippen LogP contribution in [-0.4, -0.2) is 14.2 Å². The highest BCUT2D eigenvalue weighted by Gasteiger charge is 2.03. The van der Waals surface area contributed by atoms with Gasteiger partial charge in [-0.05, 0) is 33.8 Å². The quantitative estimate of drug-likeness (QED) is 0.754. The molecule has 0 bridgehead atoms. The van der Waals surface area contributed by atoms with Gasteiger partial charge in [0.05, 0.1) is 19.1 Å². The largest absolute Gasteiger partial charge is 0.497 e. The number of ether oxygens (including phenoxy) is 2. The fourth-order valence-corrected chi connectivity index (χ4v) is 1.56. The van der Waals surface area contributed by atoms with E-state index in [1.807, 2.05) is 12.1 Å². The van der Waals surface area contributed by atoms with Crippen LogP contribution in [0.2, 0.25) is 0 Å². The van der Waals surface area contributed by atoms with E-state index in [9.17, 15) is 0 Å². The van der Waals surface area contributed by atoms with Crippen molar-refractivity contribution >= 4 is 21.7 Å². The Balaban J connectivity index is 3.02. The molecular formula is C8H9ClO2S. The lowest BCUT2D eigenvalue weighted by Crippen LogP contribution is -1.87. The fourth-order valence-electron chi connectivity index (χ4n) is 0.839. The minimum absolute atomic E-state index is 0.731. The second-order valence-electron chi connectivity index (χ2n) is 2.09. The SMILES string of the molecule is COc1ccc(SCl)c(OC)c1. The highest BCUT2D eigenvalue weighted by Crippen LogP contribution is 2.34. The van der Waals surface area contributed by atoms with Gasteiger partial charge in [-0.3, -0.25) is 0 Å². The second kappa shape index (κ2) is 4.48. The molecule has 0 N–H and O–H groups in total. The molecule has 0 aliphatic rings. The molecule has 0 spiro atoms. The Morgan fingerprint density at radius 2 is 2.00 bits per heavy atom. The molecule has 4 heteroatoms. The van der Waals surface area contributed by atoms with Gasteiger partial charge in [-0.15, -0.1) is 0 Å². The Morgan fingerprint density at radius 1 is 1.25 bits per heavy atom. The van der Waals surface area contributed by atoms with Crippen molar-refractivity contribution in [3.8, 4) is 11.5 Å². The zero-order chi connectivity index (χ0) is 8.97. The van der Waals surface area contributed by atoms with Crippen LogP contribution in [0, 0.1) is 0 Å². The van der Waals surface area contributed by atoms with E-state index in [0.29, 0.717) is 0 Å². The molecule has 0 atom stereocenters. The summed E-state index contributed by atoms with van der Waals surface area (Å²) in [5.74, 6) is 1.50. The Labute approximate surface area is 80.3 Å². The topological polar surface area (TPSA) is 18.5 Å². The molecule has 0 aliphatic carbocycles. The first-order valence-corrected chi connectivity index (χ1v) is 4.96. The molecule has 0 amide bonds. The van der Waals surface area contributed by atoms with Gasteiger partial charge in [-0.25, -0.2) is 0 Å². The van der Waals surface area contributed by atoms with Crippen LogP contribution < -0.4 is 9.47 Å². The summed E-state index contributed by atoms with van der Waals surface area (Å²) in [6.45, 7) is 0. The van der Waals surface area contributed by atoms with Crippen LogP contribution in [0.3, 0.4) is 0 Å². The lowest BCUT2D eigenvalue weighted by Gasteiger charge is -2.06. The maximum absolute atomic E-state index is 5.60. The summed E-state index contributed by atoms with van der Waals surface area (Å²) in [4.78, 5) is 0.889. The van der Waals surface area contributed by atoms with Crippen molar-refractivity contribution in [1.29, 1.82) is 0 Å². The number of hydrogen-bond donors (Lipinski definition) is 0. The molecule has 0 saturated carbocycles. The van der Waals surface area contributed by atoms with Crippen molar-refractivity contribution in [2.24, 2.45) is 0 Å². The number of hydrogen-bond acceptors (Lipinski definition) is 3. The zero-order valence-corrected chi connectivity index (χ0v) is 8.41. The summed E-state index contributed by atoms with van der Waals surface area (Å²) in [6.07, 6.45) is 0. The van der Waals surface area contributed by atoms with Gasteiger partial charge in [-0.2, -0.15) is 0 Å². The third kappa shape index (κ3) is 1.99. The maximum atomic E-state index is 5.60. The van der Waals surface area contributed by atoms with E-state index in [1.165, 1.54) is 0 Å². The van der Waals surface area contributed by atoms with Crippen molar-refractivity contribution in [2.45, 2.75) is 4.90 Å². The van der Waals surface area contributed by atoms with Crippen molar-refractivity contribution in [3.05, 3.63) is 18.2 Å². The van der Waals surface area contributed by atoms with Gasteiger partial charge in [0.15, 0.2) is 0 Å². The van der Waals surface area contributed by atoms with E-state index >= 15 is 0 Å². The van der Waals surface area contributed by atoms with Crippen molar-refractivity contribution in [2.75, 3.05) is 14.2 Å². The Kier molecular flexibility index (Phi) is 3.56. The molecule has 0 saturated heterocycles. The lowest BCUT2D eigenvalue weighted by molar-refractivity contribution is 0.387. The first-order valence-electron chi connectivity index (χ1n) is 3.32. The maximum Gasteiger partial charge on any atom is 0.137 e. The number of methoxy groups -OCH3 is 2. The molecule has 0 unspecified atom stereocenters. The number of benzene rings is 1. The van der Waals surface area contributed by atoms with Gasteiger partial charge in [0.1, 0.15) is 11.5 Å². The summed E-state index contributed by atoms with van der Waals surface area (Å²) >= 11 is 0. The van der Waals surface area contributed by atoms with E-state index in [0.717, 1.165) is 27.4 Å². The molecule has 1 aromatic carbocycles. The average Bonchev–Trinajstić information content (AvgIpc) is 2.16. The molecule has 2 nitrogen and oxygen atoms in total. The lowest BCUT2D eigenvalue weighted by atomic mass is 10.3. The molecule has 0 aromatic heterocycles. The molecule has 1 rings (SSSR count). The molecule has 0 heterocycles. The van der Waals surface area contributed by atoms with Gasteiger partial charge in [-0.1, -0.05) is 0 Å². The highest BCUT2D eigenvalue weighted by molar-refractivity contribution is 8.21. The number of rotatable bonds is 3. The highest BCUT2D eigenvalue weighted by atomic mass is 35.7. The fraction of sp³-hybridized carbons (Fsp3) is 0.250. The standard InChI is InChI=1S/C8H9ClO2S/c1-10-6-3-4-8(12-9)7(5-6)11-2/h3-5H,1-2H3. The van der Waals surface area contributed by atoms with Crippen LogP contribution in [-0.2, 0) is 0 Å². The molecular weight excluding hydrogens is 196 g/mol. The van der Waals surface area contributed by atoms with E-state index in [1.54, 1.807) is 20.3 Å². The minimum atomic E-state index is 0.731. The Hall–Kier alpha value is -0.540. The average molecular weight is 205 g/mol. The van der Waals surface area contributed by atoms with Crippen LogP contribution in [0.4, 0.5) is 0 Å². The summed E-state index contributed by atoms with van der Waals surface area (Å²) in [6, 6.07) is 5.49. The van der Waals surface area contributed by atoms with Crippen LogP contribution in [0.15, 0.2) is 23.1 Å². The van der Waals surface area contributed by atoms with Crippen LogP contribution in [0.5, 0.6) is 11.5 Å². The van der Waals surface area contributed by atoms with Gasteiger partial charge in [0.25, 0.3) is 0 Å². The summed E-state index contributed by atoms with van der Waals surface area (Å²) in [7, 11) is 9.95. The number of halogens is 1. The molecule has 1 aromatic rings. The van der Waals surface area contributed by atoms with Crippen molar-refractivity contribution in [1.82, 2.24) is 0 Å². The predicted molar refractivity (Wildman–Crippen MR) is 51.3 cm³/mol. The monoisotopic (exact) mass is 204 g/mol. The predicted octanol–water partition coefficient (Wildman–Crippen LogP) is 2.95. The van der Waals surface area contributed by atoms with E-state index < -0.39 is 0 Å². The Bertz CT molecular complexity index is 265. The Morgan fingerprint density at radius 3 is 2.50 bits per heavy atom. The van der Waals surface area contributed by atoms with Crippen LogP contribution in [0.1, 0.15) is 0 Å². The van der Waals surface area contributed by atoms with E-state index in [-0.39, 0.29) is 0 Å². The third-order valence-corrected chi connectivity index (χ3v) is 2.46. The minimum Gasteiger partial charge on any atom is -0.497 e. The zero-order valence-electron chi connectivity index (χ0n) is 6.83. The van der Waals surface area contributed by atoms with Crippen LogP contribution in [0.25, 0.3) is 0 Å². The van der Waals surface area contributed by atoms with Crippen molar-refractivity contribution < 1.29 is 9.47 Å². The van der Waals surface area contributed by atoms with Crippen LogP contribution >= 0.6 is 21.7 Å². The molecule has 12 heavy (non-hydrogen) atoms. The third-order valence-electron chi connectivity index (χ3n) is 1.45. The van der Waals surface area contributed by atoms with Gasteiger partial charge in [0, 0.05) is 6.07 Å². The molecule has 0 radical (unpaired) electrons. The van der Waals surface area contributed by atoms with Gasteiger partial charge >= 0.3 is 0 Å². The second-order valence-corrected chi connectivity index (χ2v) is 3.15. The van der Waals surface area contributed by atoms with Gasteiger partial charge < -0.3 is 9.47 Å². The normalized spacial score (nSPS) is 9.58. The molecule has 0 fully saturated rings. The van der Waals surface area contributed by atoms with E-state index in [4.69, 9.17) is 20.2 Å². The molecule has 66 valence electrons. The first-order chi connectivity index (χ1) is 5.81. The first kappa shape index (κ1) is 9.55. The van der Waals surface area contributed by atoms with E-state index in [2.05, 4.69) is 0 Å². The molecule has 0 aliphatic heterocycles. The summed E-state index contributed by atoms with van der Waals surface area (Å²) in [5.41, 5.74) is 0.